The van der Waals surface area contributed by atoms with Crippen molar-refractivity contribution in [1.82, 2.24) is 9.97 Å². The predicted molar refractivity (Wildman–Crippen MR) is 33.5 cm³/mol. The Labute approximate surface area is 66.2 Å². The number of aromatic nitrogens is 2. The van der Waals surface area contributed by atoms with Gasteiger partial charge in [0.15, 0.2) is 5.75 Å². The summed E-state index contributed by atoms with van der Waals surface area (Å²) in [5.74, 6) is -0.370. The lowest BCUT2D eigenvalue weighted by molar-refractivity contribution is -0.275. The Morgan fingerprint density at radius 1 is 1.42 bits per heavy atom. The summed E-state index contributed by atoms with van der Waals surface area (Å²) in [5.41, 5.74) is 0.155. The van der Waals surface area contributed by atoms with E-state index in [0.717, 1.165) is 12.5 Å². The Kier molecular flexibility index (Phi) is 2.16. The van der Waals surface area contributed by atoms with Crippen molar-refractivity contribution in [1.29, 1.82) is 0 Å². The van der Waals surface area contributed by atoms with Crippen molar-refractivity contribution < 1.29 is 17.9 Å². The first kappa shape index (κ1) is 8.76. The quantitative estimate of drug-likeness (QED) is 0.656. The van der Waals surface area contributed by atoms with Crippen LogP contribution in [0.5, 0.6) is 5.75 Å². The molecule has 1 heterocycles. The number of hydrogen-bond acceptors (Lipinski definition) is 3. The van der Waals surface area contributed by atoms with E-state index in [1.807, 2.05) is 0 Å². The van der Waals surface area contributed by atoms with Gasteiger partial charge < -0.3 is 4.74 Å². The largest absolute Gasteiger partial charge is 0.573 e. The lowest BCUT2D eigenvalue weighted by Gasteiger charge is -2.08. The molecule has 1 aromatic rings. The number of aryl methyl sites for hydroxylation is 1. The second-order valence-electron chi connectivity index (χ2n) is 2.02. The number of hydrogen-bond donors (Lipinski definition) is 0. The van der Waals surface area contributed by atoms with E-state index < -0.39 is 6.36 Å². The first-order valence-corrected chi connectivity index (χ1v) is 3.01. The molecule has 0 fully saturated rings. The summed E-state index contributed by atoms with van der Waals surface area (Å²) in [7, 11) is 0. The first-order chi connectivity index (χ1) is 5.49. The van der Waals surface area contributed by atoms with E-state index in [0.29, 0.717) is 0 Å². The topological polar surface area (TPSA) is 35.0 Å². The van der Waals surface area contributed by atoms with Crippen molar-refractivity contribution in [3.05, 3.63) is 18.2 Å². The van der Waals surface area contributed by atoms with Crippen molar-refractivity contribution in [3.8, 4) is 5.75 Å². The molecule has 0 atom stereocenters. The van der Waals surface area contributed by atoms with Crippen LogP contribution >= 0.6 is 0 Å². The fourth-order valence-corrected chi connectivity index (χ4v) is 0.603. The van der Waals surface area contributed by atoms with Crippen LogP contribution in [-0.2, 0) is 0 Å². The molecule has 0 unspecified atom stereocenters. The van der Waals surface area contributed by atoms with Gasteiger partial charge in [-0.05, 0) is 6.92 Å². The molecule has 0 bridgehead atoms. The monoisotopic (exact) mass is 178 g/mol. The van der Waals surface area contributed by atoms with Crippen LogP contribution in [0.4, 0.5) is 13.2 Å². The summed E-state index contributed by atoms with van der Waals surface area (Å²) >= 11 is 0. The molecule has 66 valence electrons. The lowest BCUT2D eigenvalue weighted by atomic mass is 10.4. The van der Waals surface area contributed by atoms with E-state index >= 15 is 0 Å². The molecule has 0 saturated carbocycles. The molecule has 12 heavy (non-hydrogen) atoms. The molecule has 0 saturated heterocycles. The van der Waals surface area contributed by atoms with Crippen molar-refractivity contribution in [3.63, 3.8) is 0 Å². The zero-order valence-corrected chi connectivity index (χ0v) is 6.09. The minimum absolute atomic E-state index is 0.155. The molecule has 0 spiro atoms. The molecule has 0 amide bonds. The Balaban J connectivity index is 2.83. The van der Waals surface area contributed by atoms with Crippen LogP contribution in [0.1, 0.15) is 5.69 Å². The highest BCUT2D eigenvalue weighted by Crippen LogP contribution is 2.23. The minimum Gasteiger partial charge on any atom is -0.402 e. The molecule has 0 N–H and O–H groups in total. The number of rotatable bonds is 1. The Bertz CT molecular complexity index is 274. The number of nitrogens with zero attached hydrogens (tertiary/aromatic N) is 2. The van der Waals surface area contributed by atoms with Crippen molar-refractivity contribution in [2.75, 3.05) is 0 Å². The summed E-state index contributed by atoms with van der Waals surface area (Å²) in [6.45, 7) is 1.41. The van der Waals surface area contributed by atoms with E-state index in [4.69, 9.17) is 0 Å². The molecular weight excluding hydrogens is 173 g/mol. The molecule has 6 heteroatoms. The van der Waals surface area contributed by atoms with Crippen LogP contribution in [0.25, 0.3) is 0 Å². The summed E-state index contributed by atoms with van der Waals surface area (Å²) < 4.78 is 38.5. The second-order valence-corrected chi connectivity index (χ2v) is 2.02. The van der Waals surface area contributed by atoms with Gasteiger partial charge in [-0.1, -0.05) is 0 Å². The highest BCUT2D eigenvalue weighted by Gasteiger charge is 2.31. The van der Waals surface area contributed by atoms with Crippen molar-refractivity contribution >= 4 is 0 Å². The van der Waals surface area contributed by atoms with Crippen LogP contribution in [-0.4, -0.2) is 16.3 Å². The Hall–Kier alpha value is -1.33. The average molecular weight is 178 g/mol. The van der Waals surface area contributed by atoms with Crippen LogP contribution < -0.4 is 4.74 Å². The lowest BCUT2D eigenvalue weighted by Crippen LogP contribution is -2.18. The van der Waals surface area contributed by atoms with Gasteiger partial charge in [0.25, 0.3) is 0 Å². The number of ether oxygens (including phenoxy) is 1. The van der Waals surface area contributed by atoms with Crippen molar-refractivity contribution in [2.45, 2.75) is 13.3 Å². The normalized spacial score (nSPS) is 11.3. The minimum atomic E-state index is -4.69. The molecule has 1 aromatic heterocycles. The highest BCUT2D eigenvalue weighted by molar-refractivity contribution is 5.21. The van der Waals surface area contributed by atoms with E-state index in [1.165, 1.54) is 6.92 Å². The Morgan fingerprint density at radius 2 is 2.08 bits per heavy atom. The zero-order valence-electron chi connectivity index (χ0n) is 6.09. The highest BCUT2D eigenvalue weighted by atomic mass is 19.4. The van der Waals surface area contributed by atoms with E-state index in [9.17, 15) is 13.2 Å². The van der Waals surface area contributed by atoms with Gasteiger partial charge in [0.1, 0.15) is 6.33 Å². The number of halogens is 3. The molecule has 3 nitrogen and oxygen atoms in total. The third-order valence-electron chi connectivity index (χ3n) is 1.09. The summed E-state index contributed by atoms with van der Waals surface area (Å²) in [6, 6.07) is 0. The van der Waals surface area contributed by atoms with Gasteiger partial charge in [0.05, 0.1) is 11.9 Å². The fourth-order valence-electron chi connectivity index (χ4n) is 0.603. The smallest absolute Gasteiger partial charge is 0.402 e. The molecule has 0 aliphatic carbocycles. The molecule has 0 aliphatic heterocycles. The third kappa shape index (κ3) is 2.37. The molecule has 0 aliphatic rings. The molecule has 0 aromatic carbocycles. The maximum Gasteiger partial charge on any atom is 0.573 e. The zero-order chi connectivity index (χ0) is 9.19. The second kappa shape index (κ2) is 2.96. The molecule has 0 radical (unpaired) electrons. The van der Waals surface area contributed by atoms with Crippen LogP contribution in [0.15, 0.2) is 12.5 Å². The number of alkyl halides is 3. The van der Waals surface area contributed by atoms with Gasteiger partial charge in [0, 0.05) is 0 Å². The average Bonchev–Trinajstić information content (AvgIpc) is 1.91. The van der Waals surface area contributed by atoms with Gasteiger partial charge in [-0.15, -0.1) is 13.2 Å². The SMILES string of the molecule is Cc1ncncc1OC(F)(F)F. The summed E-state index contributed by atoms with van der Waals surface area (Å²) in [4.78, 5) is 6.92. The molecular formula is C6H5F3N2O. The van der Waals surface area contributed by atoms with Gasteiger partial charge in [-0.2, -0.15) is 0 Å². The van der Waals surface area contributed by atoms with Gasteiger partial charge in [-0.3, -0.25) is 0 Å². The Morgan fingerprint density at radius 3 is 2.58 bits per heavy atom. The molecule has 1 rings (SSSR count). The standard InChI is InChI=1S/C6H5F3N2O/c1-4-5(2-10-3-11-4)12-6(7,8)9/h2-3H,1H3. The summed E-state index contributed by atoms with van der Waals surface area (Å²) in [6.07, 6.45) is -2.57. The van der Waals surface area contributed by atoms with Crippen molar-refractivity contribution in [2.24, 2.45) is 0 Å². The van der Waals surface area contributed by atoms with Crippen LogP contribution in [0.2, 0.25) is 0 Å². The maximum absolute atomic E-state index is 11.6. The van der Waals surface area contributed by atoms with Gasteiger partial charge in [-0.25, -0.2) is 9.97 Å². The third-order valence-corrected chi connectivity index (χ3v) is 1.09. The van der Waals surface area contributed by atoms with E-state index in [2.05, 4.69) is 14.7 Å². The van der Waals surface area contributed by atoms with E-state index in [1.54, 1.807) is 0 Å². The predicted octanol–water partition coefficient (Wildman–Crippen LogP) is 1.68. The van der Waals surface area contributed by atoms with E-state index in [-0.39, 0.29) is 11.4 Å². The summed E-state index contributed by atoms with van der Waals surface area (Å²) in [5, 5.41) is 0. The first-order valence-electron chi connectivity index (χ1n) is 3.01. The van der Waals surface area contributed by atoms with Crippen LogP contribution in [0, 0.1) is 6.92 Å². The van der Waals surface area contributed by atoms with Gasteiger partial charge >= 0.3 is 6.36 Å². The van der Waals surface area contributed by atoms with Crippen LogP contribution in [0.3, 0.4) is 0 Å². The van der Waals surface area contributed by atoms with Gasteiger partial charge in [0.2, 0.25) is 0 Å². The fraction of sp³-hybridized carbons (Fsp3) is 0.333. The maximum atomic E-state index is 11.6.